The van der Waals surface area contributed by atoms with Crippen LogP contribution in [0.2, 0.25) is 0 Å². The minimum Gasteiger partial charge on any atom is -0.494 e. The molecule has 0 amide bonds. The number of carboxylic acids is 1. The van der Waals surface area contributed by atoms with Crippen molar-refractivity contribution in [2.24, 2.45) is 5.41 Å². The van der Waals surface area contributed by atoms with Crippen LogP contribution in [-0.2, 0) is 19.1 Å². The van der Waals surface area contributed by atoms with E-state index in [2.05, 4.69) is 6.58 Å². The van der Waals surface area contributed by atoms with Gasteiger partial charge >= 0.3 is 11.9 Å². The minimum absolute atomic E-state index is 0.0656. The molecule has 0 bridgehead atoms. The predicted molar refractivity (Wildman–Crippen MR) is 69.2 cm³/mol. The van der Waals surface area contributed by atoms with Gasteiger partial charge in [0, 0.05) is 18.9 Å². The molecule has 0 aromatic carbocycles. The molecule has 0 spiro atoms. The second-order valence-electron chi connectivity index (χ2n) is 4.11. The molecule has 6 heteroatoms. The average Bonchev–Trinajstić information content (AvgIpc) is 2.47. The molecule has 0 aromatic rings. The Labute approximate surface area is 116 Å². The highest BCUT2D eigenvalue weighted by Crippen LogP contribution is 2.29. The number of hydrogen-bond acceptors (Lipinski definition) is 5. The Morgan fingerprint density at radius 3 is 2.80 bits per heavy atom. The number of ether oxygens (including phenoxy) is 2. The monoisotopic (exact) mass is 277 g/mol. The Bertz CT molecular complexity index is 500. The van der Waals surface area contributed by atoms with E-state index >= 15 is 0 Å². The van der Waals surface area contributed by atoms with Crippen molar-refractivity contribution in [1.29, 1.82) is 5.26 Å². The lowest BCUT2D eigenvalue weighted by atomic mass is 9.83. The smallest absolute Gasteiger partial charge is 0.330 e. The summed E-state index contributed by atoms with van der Waals surface area (Å²) in [6, 6.07) is 1.78. The fourth-order valence-corrected chi connectivity index (χ4v) is 1.50. The van der Waals surface area contributed by atoms with Crippen LogP contribution in [0.4, 0.5) is 0 Å². The molecule has 20 heavy (non-hydrogen) atoms. The number of nitriles is 1. The molecule has 0 heterocycles. The highest BCUT2D eigenvalue weighted by atomic mass is 16.5. The van der Waals surface area contributed by atoms with Crippen LogP contribution in [0.15, 0.2) is 36.6 Å². The molecular weight excluding hydrogens is 262 g/mol. The standard InChI is InChI=1S/C14H15NO5/c1-2-12(16)20-9-3-8-19-11-4-6-14(10-15,7-5-11)13(17)18/h2,4-6H,1,3,7-9H2,(H,17,18). The predicted octanol–water partition coefficient (Wildman–Crippen LogP) is 1.56. The maximum absolute atomic E-state index is 11.0. The van der Waals surface area contributed by atoms with E-state index in [0.717, 1.165) is 6.08 Å². The first kappa shape index (κ1) is 15.5. The van der Waals surface area contributed by atoms with Crippen molar-refractivity contribution in [2.45, 2.75) is 12.8 Å². The third-order valence-electron chi connectivity index (χ3n) is 2.71. The molecule has 1 rings (SSSR count). The Morgan fingerprint density at radius 2 is 2.30 bits per heavy atom. The zero-order valence-electron chi connectivity index (χ0n) is 10.9. The van der Waals surface area contributed by atoms with Crippen molar-refractivity contribution >= 4 is 11.9 Å². The summed E-state index contributed by atoms with van der Waals surface area (Å²) in [5.41, 5.74) is -1.51. The summed E-state index contributed by atoms with van der Waals surface area (Å²) < 4.78 is 10.1. The van der Waals surface area contributed by atoms with Crippen molar-refractivity contribution in [3.8, 4) is 6.07 Å². The van der Waals surface area contributed by atoms with E-state index < -0.39 is 17.4 Å². The number of carboxylic acid groups (broad SMARTS) is 1. The number of esters is 1. The van der Waals surface area contributed by atoms with Crippen molar-refractivity contribution in [3.05, 3.63) is 36.6 Å². The van der Waals surface area contributed by atoms with Crippen LogP contribution < -0.4 is 0 Å². The molecule has 1 atom stereocenters. The second kappa shape index (κ2) is 7.14. The number of nitrogens with zero attached hydrogens (tertiary/aromatic N) is 1. The summed E-state index contributed by atoms with van der Waals surface area (Å²) in [4.78, 5) is 21.8. The fraction of sp³-hybridized carbons (Fsp3) is 0.357. The van der Waals surface area contributed by atoms with Crippen molar-refractivity contribution < 1.29 is 24.2 Å². The van der Waals surface area contributed by atoms with E-state index in [0.29, 0.717) is 18.8 Å². The quantitative estimate of drug-likeness (QED) is 0.431. The molecule has 0 aliphatic heterocycles. The van der Waals surface area contributed by atoms with E-state index in [1.54, 1.807) is 12.1 Å². The van der Waals surface area contributed by atoms with Crippen LogP contribution in [0.1, 0.15) is 12.8 Å². The third-order valence-corrected chi connectivity index (χ3v) is 2.71. The molecule has 1 unspecified atom stereocenters. The lowest BCUT2D eigenvalue weighted by Crippen LogP contribution is -2.28. The molecule has 0 fully saturated rings. The van der Waals surface area contributed by atoms with Gasteiger partial charge in [0.25, 0.3) is 0 Å². The van der Waals surface area contributed by atoms with Gasteiger partial charge in [0.2, 0.25) is 0 Å². The first-order valence-electron chi connectivity index (χ1n) is 6.00. The molecule has 0 saturated heterocycles. The largest absolute Gasteiger partial charge is 0.494 e. The molecule has 0 saturated carbocycles. The third kappa shape index (κ3) is 3.99. The number of carbonyl (C=O) groups is 2. The molecule has 106 valence electrons. The normalized spacial score (nSPS) is 20.4. The van der Waals surface area contributed by atoms with Crippen LogP contribution in [0.25, 0.3) is 0 Å². The summed E-state index contributed by atoms with van der Waals surface area (Å²) in [6.07, 6.45) is 6.01. The van der Waals surface area contributed by atoms with Gasteiger partial charge in [-0.3, -0.25) is 4.79 Å². The van der Waals surface area contributed by atoms with Gasteiger partial charge in [-0.05, 0) is 18.2 Å². The molecule has 1 N–H and O–H groups in total. The first-order chi connectivity index (χ1) is 9.54. The lowest BCUT2D eigenvalue weighted by Gasteiger charge is -2.20. The Hall–Kier alpha value is -2.55. The van der Waals surface area contributed by atoms with Gasteiger partial charge < -0.3 is 14.6 Å². The van der Waals surface area contributed by atoms with Crippen LogP contribution >= 0.6 is 0 Å². The van der Waals surface area contributed by atoms with E-state index in [1.807, 2.05) is 0 Å². The Morgan fingerprint density at radius 1 is 1.55 bits per heavy atom. The first-order valence-corrected chi connectivity index (χ1v) is 6.00. The number of aliphatic carboxylic acids is 1. The highest BCUT2D eigenvalue weighted by Gasteiger charge is 2.37. The summed E-state index contributed by atoms with van der Waals surface area (Å²) >= 11 is 0. The molecule has 0 aromatic heterocycles. The van der Waals surface area contributed by atoms with E-state index in [-0.39, 0.29) is 13.0 Å². The van der Waals surface area contributed by atoms with E-state index in [4.69, 9.17) is 19.8 Å². The number of hydrogen-bond donors (Lipinski definition) is 1. The minimum atomic E-state index is -1.51. The molecular formula is C14H15NO5. The summed E-state index contributed by atoms with van der Waals surface area (Å²) in [6.45, 7) is 3.82. The van der Waals surface area contributed by atoms with Crippen LogP contribution in [0.3, 0.4) is 0 Å². The molecule has 1 aliphatic rings. The van der Waals surface area contributed by atoms with Crippen LogP contribution in [0, 0.1) is 16.7 Å². The van der Waals surface area contributed by atoms with Gasteiger partial charge in [-0.2, -0.15) is 5.26 Å². The van der Waals surface area contributed by atoms with E-state index in [9.17, 15) is 9.59 Å². The lowest BCUT2D eigenvalue weighted by molar-refractivity contribution is -0.143. The Kier molecular flexibility index (Phi) is 5.54. The van der Waals surface area contributed by atoms with Gasteiger partial charge in [0.15, 0.2) is 5.41 Å². The summed E-state index contributed by atoms with van der Waals surface area (Å²) in [5, 5.41) is 17.9. The maximum Gasteiger partial charge on any atom is 0.330 e. The van der Waals surface area contributed by atoms with E-state index in [1.165, 1.54) is 12.2 Å². The average molecular weight is 277 g/mol. The van der Waals surface area contributed by atoms with Crippen LogP contribution in [0.5, 0.6) is 0 Å². The summed E-state index contributed by atoms with van der Waals surface area (Å²) in [7, 11) is 0. The van der Waals surface area contributed by atoms with Gasteiger partial charge in [0.05, 0.1) is 19.3 Å². The van der Waals surface area contributed by atoms with Gasteiger partial charge in [-0.1, -0.05) is 6.58 Å². The van der Waals surface area contributed by atoms with Gasteiger partial charge in [-0.15, -0.1) is 0 Å². The topological polar surface area (TPSA) is 96.6 Å². The maximum atomic E-state index is 11.0. The van der Waals surface area contributed by atoms with Crippen molar-refractivity contribution in [2.75, 3.05) is 13.2 Å². The highest BCUT2D eigenvalue weighted by molar-refractivity contribution is 5.81. The second-order valence-corrected chi connectivity index (χ2v) is 4.11. The van der Waals surface area contributed by atoms with Crippen molar-refractivity contribution in [3.63, 3.8) is 0 Å². The fourth-order valence-electron chi connectivity index (χ4n) is 1.50. The molecule has 1 aliphatic carbocycles. The zero-order valence-corrected chi connectivity index (χ0v) is 10.9. The van der Waals surface area contributed by atoms with Gasteiger partial charge in [-0.25, -0.2) is 4.79 Å². The Balaban J connectivity index is 2.34. The number of allylic oxidation sites excluding steroid dienone is 2. The molecule has 6 nitrogen and oxygen atoms in total. The van der Waals surface area contributed by atoms with Crippen LogP contribution in [-0.4, -0.2) is 30.3 Å². The van der Waals surface area contributed by atoms with Gasteiger partial charge in [0.1, 0.15) is 5.76 Å². The SMILES string of the molecule is C=CC(=O)OCCCOC1=CCC(C#N)(C(=O)O)C=C1. The number of carbonyl (C=O) groups excluding carboxylic acids is 1. The zero-order chi connectivity index (χ0) is 15.0. The summed E-state index contributed by atoms with van der Waals surface area (Å²) in [5.74, 6) is -1.16. The van der Waals surface area contributed by atoms with Crippen molar-refractivity contribution in [1.82, 2.24) is 0 Å². The molecule has 0 radical (unpaired) electrons. The number of rotatable bonds is 7.